The number of nitrogens with zero attached hydrogens (tertiary/aromatic N) is 3. The molecule has 2 aromatic heterocycles. The molecule has 0 amide bonds. The Bertz CT molecular complexity index is 1050. The molecule has 0 saturated carbocycles. The van der Waals surface area contributed by atoms with Crippen molar-refractivity contribution >= 4 is 28.8 Å². The fourth-order valence-electron chi connectivity index (χ4n) is 3.13. The van der Waals surface area contributed by atoms with Crippen molar-refractivity contribution in [2.75, 3.05) is 18.1 Å². The van der Waals surface area contributed by atoms with E-state index in [2.05, 4.69) is 63.1 Å². The van der Waals surface area contributed by atoms with Crippen molar-refractivity contribution in [1.82, 2.24) is 19.3 Å². The summed E-state index contributed by atoms with van der Waals surface area (Å²) >= 11 is 1.69. The van der Waals surface area contributed by atoms with E-state index in [1.807, 2.05) is 43.8 Å². The number of aryl methyl sites for hydroxylation is 1. The highest BCUT2D eigenvalue weighted by Crippen LogP contribution is 2.33. The second-order valence-electron chi connectivity index (χ2n) is 6.61. The highest BCUT2D eigenvalue weighted by molar-refractivity contribution is 7.97. The summed E-state index contributed by atoms with van der Waals surface area (Å²) in [4.78, 5) is 8.83. The summed E-state index contributed by atoms with van der Waals surface area (Å²) in [6.07, 6.45) is 11.8. The van der Waals surface area contributed by atoms with Crippen molar-refractivity contribution in [2.45, 2.75) is 13.5 Å². The molecule has 3 aromatic rings. The summed E-state index contributed by atoms with van der Waals surface area (Å²) in [5.41, 5.74) is 5.64. The zero-order valence-electron chi connectivity index (χ0n) is 17.1. The van der Waals surface area contributed by atoms with E-state index in [0.29, 0.717) is 0 Å². The average molecular weight is 406 g/mol. The predicted molar refractivity (Wildman–Crippen MR) is 126 cm³/mol. The van der Waals surface area contributed by atoms with Gasteiger partial charge in [0.05, 0.1) is 5.39 Å². The van der Waals surface area contributed by atoms with Crippen molar-refractivity contribution in [1.29, 1.82) is 0 Å². The van der Waals surface area contributed by atoms with Gasteiger partial charge in [-0.3, -0.25) is 4.72 Å². The van der Waals surface area contributed by atoms with Crippen molar-refractivity contribution < 1.29 is 0 Å². The van der Waals surface area contributed by atoms with Crippen LogP contribution in [0.3, 0.4) is 0 Å². The van der Waals surface area contributed by atoms with Crippen molar-refractivity contribution in [2.24, 2.45) is 7.05 Å². The van der Waals surface area contributed by atoms with Crippen LogP contribution >= 0.6 is 11.9 Å². The number of aromatic nitrogens is 3. The maximum atomic E-state index is 4.44. The summed E-state index contributed by atoms with van der Waals surface area (Å²) in [6.45, 7) is 6.67. The number of benzene rings is 1. The highest BCUT2D eigenvalue weighted by atomic mass is 32.2. The lowest BCUT2D eigenvalue weighted by Gasteiger charge is -2.08. The van der Waals surface area contributed by atoms with Gasteiger partial charge in [0.2, 0.25) is 0 Å². The molecule has 2 N–H and O–H groups in total. The molecular formula is C23H27N5S. The lowest BCUT2D eigenvalue weighted by molar-refractivity contribution is 0.944. The molecule has 0 radical (unpaired) electrons. The first kappa shape index (κ1) is 20.9. The molecule has 6 heteroatoms. The molecule has 0 aliphatic rings. The minimum absolute atomic E-state index is 0.784. The molecule has 0 unspecified atom stereocenters. The number of hydrogen-bond donors (Lipinski definition) is 2. The van der Waals surface area contributed by atoms with Crippen molar-refractivity contribution in [3.05, 3.63) is 78.8 Å². The molecule has 1 aromatic carbocycles. The Kier molecular flexibility index (Phi) is 7.27. The van der Waals surface area contributed by atoms with Crippen LogP contribution in [0, 0.1) is 0 Å². The van der Waals surface area contributed by atoms with Gasteiger partial charge in [-0.25, -0.2) is 9.97 Å². The van der Waals surface area contributed by atoms with Gasteiger partial charge in [0.1, 0.15) is 17.8 Å². The molecule has 150 valence electrons. The van der Waals surface area contributed by atoms with Gasteiger partial charge in [-0.2, -0.15) is 0 Å². The van der Waals surface area contributed by atoms with Crippen LogP contribution in [0.1, 0.15) is 12.5 Å². The first-order valence-corrected chi connectivity index (χ1v) is 10.5. The fraction of sp³-hybridized carbons (Fsp3) is 0.217. The van der Waals surface area contributed by atoms with E-state index in [0.717, 1.165) is 40.3 Å². The van der Waals surface area contributed by atoms with Gasteiger partial charge in [0, 0.05) is 38.2 Å². The highest BCUT2D eigenvalue weighted by Gasteiger charge is 2.14. The smallest absolute Gasteiger partial charge is 0.145 e. The zero-order valence-corrected chi connectivity index (χ0v) is 18.0. The maximum absolute atomic E-state index is 4.44. The molecule has 0 atom stereocenters. The number of anilines is 1. The monoisotopic (exact) mass is 405 g/mol. The van der Waals surface area contributed by atoms with Crippen LogP contribution in [-0.2, 0) is 13.6 Å². The van der Waals surface area contributed by atoms with Gasteiger partial charge in [-0.1, -0.05) is 61.0 Å². The minimum atomic E-state index is 0.784. The van der Waals surface area contributed by atoms with E-state index < -0.39 is 0 Å². The SMILES string of the molecule is C=C/C(=C\C=C/C)CSNCc1cccc(-c2cn(C)c3ncnc(NC)c23)c1. The zero-order chi connectivity index (χ0) is 20.6. The summed E-state index contributed by atoms with van der Waals surface area (Å²) in [5.74, 6) is 1.72. The van der Waals surface area contributed by atoms with E-state index in [1.165, 1.54) is 11.1 Å². The molecular weight excluding hydrogens is 378 g/mol. The first-order chi connectivity index (χ1) is 14.2. The third-order valence-electron chi connectivity index (χ3n) is 4.61. The maximum Gasteiger partial charge on any atom is 0.145 e. The third-order valence-corrected chi connectivity index (χ3v) is 5.44. The van der Waals surface area contributed by atoms with E-state index in [9.17, 15) is 0 Å². The topological polar surface area (TPSA) is 54.8 Å². The minimum Gasteiger partial charge on any atom is -0.372 e. The van der Waals surface area contributed by atoms with Gasteiger partial charge < -0.3 is 9.88 Å². The molecule has 3 rings (SSSR count). The molecule has 29 heavy (non-hydrogen) atoms. The molecule has 0 aliphatic carbocycles. The van der Waals surface area contributed by atoms with Crippen LogP contribution in [0.2, 0.25) is 0 Å². The Balaban J connectivity index is 1.76. The molecule has 0 spiro atoms. The number of hydrogen-bond acceptors (Lipinski definition) is 5. The number of allylic oxidation sites excluding steroid dienone is 4. The summed E-state index contributed by atoms with van der Waals surface area (Å²) in [7, 11) is 3.90. The molecule has 0 aliphatic heterocycles. The van der Waals surface area contributed by atoms with E-state index in [4.69, 9.17) is 0 Å². The lowest BCUT2D eigenvalue weighted by atomic mass is 10.0. The second-order valence-corrected chi connectivity index (χ2v) is 7.47. The number of rotatable bonds is 9. The number of fused-ring (bicyclic) bond motifs is 1. The Morgan fingerprint density at radius 1 is 1.31 bits per heavy atom. The summed E-state index contributed by atoms with van der Waals surface area (Å²) in [5, 5.41) is 4.23. The van der Waals surface area contributed by atoms with Crippen LogP contribution in [0.5, 0.6) is 0 Å². The molecule has 0 bridgehead atoms. The predicted octanol–water partition coefficient (Wildman–Crippen LogP) is 5.10. The van der Waals surface area contributed by atoms with Crippen molar-refractivity contribution in [3.8, 4) is 11.1 Å². The van der Waals surface area contributed by atoms with E-state index >= 15 is 0 Å². The Hall–Kier alpha value is -2.83. The number of nitrogens with one attached hydrogen (secondary N) is 2. The van der Waals surface area contributed by atoms with Gasteiger partial charge in [0.15, 0.2) is 0 Å². The summed E-state index contributed by atoms with van der Waals surface area (Å²) < 4.78 is 5.49. The second kappa shape index (κ2) is 10.1. The molecule has 0 fully saturated rings. The van der Waals surface area contributed by atoms with Crippen molar-refractivity contribution in [3.63, 3.8) is 0 Å². The molecule has 5 nitrogen and oxygen atoms in total. The largest absolute Gasteiger partial charge is 0.372 e. The molecule has 0 saturated heterocycles. The fourth-order valence-corrected chi connectivity index (χ4v) is 3.88. The van der Waals surface area contributed by atoms with Gasteiger partial charge in [0.25, 0.3) is 0 Å². The Labute approximate surface area is 176 Å². The average Bonchev–Trinajstić information content (AvgIpc) is 3.10. The van der Waals surface area contributed by atoms with E-state index in [-0.39, 0.29) is 0 Å². The van der Waals surface area contributed by atoms with Crippen LogP contribution < -0.4 is 10.0 Å². The first-order valence-electron chi connectivity index (χ1n) is 9.54. The van der Waals surface area contributed by atoms with Crippen LogP contribution in [0.15, 0.2) is 73.2 Å². The van der Waals surface area contributed by atoms with Crippen LogP contribution in [0.25, 0.3) is 22.2 Å². The van der Waals surface area contributed by atoms with Gasteiger partial charge >= 0.3 is 0 Å². The van der Waals surface area contributed by atoms with Gasteiger partial charge in [-0.15, -0.1) is 0 Å². The molecule has 2 heterocycles. The standard InChI is InChI=1S/C23H27N5S/c1-5-7-9-17(6-2)15-29-27-13-18-10-8-11-19(12-18)20-14-28(4)23-21(20)22(24-3)25-16-26-23/h5-12,14,16,27H,2,13,15H2,1,3-4H3,(H,24,25,26)/b7-5-,17-9+. The van der Waals surface area contributed by atoms with Crippen LogP contribution in [0.4, 0.5) is 5.82 Å². The summed E-state index contributed by atoms with van der Waals surface area (Å²) in [6, 6.07) is 8.59. The Morgan fingerprint density at radius 2 is 2.17 bits per heavy atom. The third kappa shape index (κ3) is 4.96. The quantitative estimate of drug-likeness (QED) is 0.295. The van der Waals surface area contributed by atoms with Gasteiger partial charge in [-0.05, 0) is 29.7 Å². The van der Waals surface area contributed by atoms with Crippen LogP contribution in [-0.4, -0.2) is 27.3 Å². The lowest BCUT2D eigenvalue weighted by Crippen LogP contribution is -2.05. The van der Waals surface area contributed by atoms with E-state index in [1.54, 1.807) is 18.3 Å². The normalized spacial score (nSPS) is 12.0. The Morgan fingerprint density at radius 3 is 2.93 bits per heavy atom.